The first-order valence-electron chi connectivity index (χ1n) is 14.5. The predicted octanol–water partition coefficient (Wildman–Crippen LogP) is 9.26. The topological polar surface area (TPSA) is 72.5 Å². The Hall–Kier alpha value is -1.51. The number of benzene rings is 1. The maximum atomic E-state index is 11.3. The van der Waals surface area contributed by atoms with Gasteiger partial charge >= 0.3 is 5.97 Å². The fraction of sp³-hybridized carbons (Fsp3) is 0.788. The SMILES string of the molecule is CC(C)(C)OOC(=O)c1ccccc1.CC(C)(C)OOC1(OOC(C)(C)C)CCC(C(C)(C)C)CC1C(C)(C)C. The monoisotopic (exact) mass is 566 g/mol. The maximum absolute atomic E-state index is 11.3. The molecule has 0 amide bonds. The van der Waals surface area contributed by atoms with Crippen LogP contribution in [0.2, 0.25) is 0 Å². The standard InChI is InChI=1S/C22H44O4.C11H14O3/c1-18(2,3)16-13-14-22(25-23-20(7,8)9,26-24-21(10,11)12)17(15-16)19(4,5)6;1-11(2,3)14-13-10(12)9-7-5-4-6-8-9/h16-17H,13-15H2,1-12H3;4-8H,1-3H3. The Morgan fingerprint density at radius 1 is 0.675 bits per heavy atom. The first-order chi connectivity index (χ1) is 17.8. The van der Waals surface area contributed by atoms with Gasteiger partial charge in [-0.15, -0.1) is 0 Å². The molecule has 0 aromatic heterocycles. The molecule has 2 unspecified atom stereocenters. The van der Waals surface area contributed by atoms with E-state index in [2.05, 4.69) is 46.4 Å². The van der Waals surface area contributed by atoms with Gasteiger partial charge in [-0.2, -0.15) is 14.7 Å². The zero-order valence-electron chi connectivity index (χ0n) is 28.0. The summed E-state index contributed by atoms with van der Waals surface area (Å²) < 4.78 is 0. The van der Waals surface area contributed by atoms with Gasteiger partial charge in [0.2, 0.25) is 5.79 Å². The van der Waals surface area contributed by atoms with Crippen molar-refractivity contribution >= 4 is 5.97 Å². The molecule has 1 aromatic rings. The van der Waals surface area contributed by atoms with Crippen LogP contribution in [0, 0.1) is 22.7 Å². The average molecular weight is 567 g/mol. The van der Waals surface area contributed by atoms with Crippen molar-refractivity contribution in [3.63, 3.8) is 0 Å². The molecular weight excluding hydrogens is 508 g/mol. The highest BCUT2D eigenvalue weighted by molar-refractivity contribution is 5.88. The number of hydrogen-bond acceptors (Lipinski definition) is 7. The van der Waals surface area contributed by atoms with Gasteiger partial charge in [-0.25, -0.2) is 14.6 Å². The third-order valence-corrected chi connectivity index (χ3v) is 6.40. The summed E-state index contributed by atoms with van der Waals surface area (Å²) in [7, 11) is 0. The van der Waals surface area contributed by atoms with Gasteiger partial charge in [-0.3, -0.25) is 4.89 Å². The van der Waals surface area contributed by atoms with E-state index in [1.807, 2.05) is 68.4 Å². The molecule has 232 valence electrons. The second-order valence-electron chi connectivity index (χ2n) is 16.1. The quantitative estimate of drug-likeness (QED) is 0.193. The number of rotatable bonds is 6. The van der Waals surface area contributed by atoms with Gasteiger partial charge in [0.15, 0.2) is 0 Å². The van der Waals surface area contributed by atoms with E-state index in [1.54, 1.807) is 24.3 Å². The molecule has 7 heteroatoms. The molecule has 2 rings (SSSR count). The molecular formula is C33H58O7. The molecule has 2 atom stereocenters. The minimum absolute atomic E-state index is 0.00753. The Morgan fingerprint density at radius 2 is 1.12 bits per heavy atom. The van der Waals surface area contributed by atoms with E-state index in [0.717, 1.165) is 19.3 Å². The third-order valence-electron chi connectivity index (χ3n) is 6.40. The van der Waals surface area contributed by atoms with Gasteiger partial charge in [-0.05, 0) is 104 Å². The number of hydrogen-bond donors (Lipinski definition) is 0. The molecule has 40 heavy (non-hydrogen) atoms. The third kappa shape index (κ3) is 13.4. The van der Waals surface area contributed by atoms with E-state index >= 15 is 0 Å². The second-order valence-corrected chi connectivity index (χ2v) is 16.1. The van der Waals surface area contributed by atoms with Crippen molar-refractivity contribution in [3.05, 3.63) is 35.9 Å². The average Bonchev–Trinajstić information content (AvgIpc) is 2.78. The van der Waals surface area contributed by atoms with Gasteiger partial charge in [0.25, 0.3) is 0 Å². The lowest BCUT2D eigenvalue weighted by molar-refractivity contribution is -0.561. The highest BCUT2D eigenvalue weighted by Crippen LogP contribution is 2.53. The smallest absolute Gasteiger partial charge is 0.292 e. The summed E-state index contributed by atoms with van der Waals surface area (Å²) in [5.74, 6) is -0.616. The van der Waals surface area contributed by atoms with Crippen LogP contribution in [0.15, 0.2) is 30.3 Å². The summed E-state index contributed by atoms with van der Waals surface area (Å²) in [6, 6.07) is 8.73. The van der Waals surface area contributed by atoms with Crippen LogP contribution in [-0.4, -0.2) is 28.6 Å². The summed E-state index contributed by atoms with van der Waals surface area (Å²) in [6.07, 6.45) is 2.80. The number of carbonyl (C=O) groups is 1. The van der Waals surface area contributed by atoms with E-state index < -0.39 is 28.6 Å². The van der Waals surface area contributed by atoms with E-state index in [1.165, 1.54) is 0 Å². The van der Waals surface area contributed by atoms with Crippen molar-refractivity contribution in [2.24, 2.45) is 22.7 Å². The van der Waals surface area contributed by atoms with E-state index in [9.17, 15) is 4.79 Å². The molecule has 0 N–H and O–H groups in total. The fourth-order valence-electron chi connectivity index (χ4n) is 4.32. The summed E-state index contributed by atoms with van der Waals surface area (Å²) in [6.45, 7) is 31.1. The summed E-state index contributed by atoms with van der Waals surface area (Å²) >= 11 is 0. The molecule has 0 saturated heterocycles. The van der Waals surface area contributed by atoms with E-state index in [4.69, 9.17) is 24.4 Å². The molecule has 1 aliphatic rings. The Morgan fingerprint density at radius 3 is 1.50 bits per heavy atom. The Balaban J connectivity index is 0.000000479. The zero-order valence-corrected chi connectivity index (χ0v) is 28.0. The molecule has 1 saturated carbocycles. The summed E-state index contributed by atoms with van der Waals surface area (Å²) in [5.41, 5.74) is -0.581. The van der Waals surface area contributed by atoms with Crippen molar-refractivity contribution in [1.29, 1.82) is 0 Å². The molecule has 0 radical (unpaired) electrons. The maximum Gasteiger partial charge on any atom is 0.373 e. The molecule has 7 nitrogen and oxygen atoms in total. The minimum Gasteiger partial charge on any atom is -0.292 e. The van der Waals surface area contributed by atoms with Crippen molar-refractivity contribution < 1.29 is 34.1 Å². The molecule has 1 fully saturated rings. The Labute approximate surface area is 244 Å². The Bertz CT molecular complexity index is 872. The summed E-state index contributed by atoms with van der Waals surface area (Å²) in [5, 5.41) is 0. The van der Waals surface area contributed by atoms with Crippen LogP contribution < -0.4 is 0 Å². The first kappa shape index (κ1) is 36.5. The summed E-state index contributed by atoms with van der Waals surface area (Å²) in [4.78, 5) is 44.6. The fourth-order valence-corrected chi connectivity index (χ4v) is 4.32. The van der Waals surface area contributed by atoms with Crippen LogP contribution in [-0.2, 0) is 29.3 Å². The van der Waals surface area contributed by atoms with Gasteiger partial charge in [0, 0.05) is 12.3 Å². The predicted molar refractivity (Wildman–Crippen MR) is 159 cm³/mol. The van der Waals surface area contributed by atoms with Crippen LogP contribution in [0.4, 0.5) is 0 Å². The Kier molecular flexibility index (Phi) is 12.5. The van der Waals surface area contributed by atoms with E-state index in [-0.39, 0.29) is 16.7 Å². The van der Waals surface area contributed by atoms with Crippen molar-refractivity contribution in [3.8, 4) is 0 Å². The van der Waals surface area contributed by atoms with Crippen LogP contribution >= 0.6 is 0 Å². The normalized spacial score (nSPS) is 20.4. The van der Waals surface area contributed by atoms with Gasteiger partial charge in [-0.1, -0.05) is 59.7 Å². The van der Waals surface area contributed by atoms with Crippen LogP contribution in [0.1, 0.15) is 133 Å². The molecule has 0 bridgehead atoms. The molecule has 1 aliphatic carbocycles. The molecule has 0 spiro atoms. The minimum atomic E-state index is -0.902. The van der Waals surface area contributed by atoms with Crippen LogP contribution in [0.3, 0.4) is 0 Å². The van der Waals surface area contributed by atoms with Crippen molar-refractivity contribution in [2.75, 3.05) is 0 Å². The van der Waals surface area contributed by atoms with Gasteiger partial charge in [0.05, 0.1) is 16.8 Å². The lowest BCUT2D eigenvalue weighted by atomic mass is 9.61. The zero-order chi connectivity index (χ0) is 31.2. The van der Waals surface area contributed by atoms with Crippen LogP contribution in [0.5, 0.6) is 0 Å². The van der Waals surface area contributed by atoms with Gasteiger partial charge < -0.3 is 0 Å². The van der Waals surface area contributed by atoms with Crippen molar-refractivity contribution in [2.45, 2.75) is 146 Å². The highest BCUT2D eigenvalue weighted by atomic mass is 17.3. The number of carbonyl (C=O) groups excluding carboxylic acids is 1. The highest BCUT2D eigenvalue weighted by Gasteiger charge is 2.55. The molecule has 0 heterocycles. The lowest BCUT2D eigenvalue weighted by Crippen LogP contribution is -2.55. The lowest BCUT2D eigenvalue weighted by Gasteiger charge is -2.52. The van der Waals surface area contributed by atoms with E-state index in [0.29, 0.717) is 11.5 Å². The van der Waals surface area contributed by atoms with Crippen LogP contribution in [0.25, 0.3) is 0 Å². The van der Waals surface area contributed by atoms with Gasteiger partial charge in [0.1, 0.15) is 5.60 Å². The first-order valence-corrected chi connectivity index (χ1v) is 14.5. The second kappa shape index (κ2) is 13.6. The largest absolute Gasteiger partial charge is 0.373 e. The molecule has 0 aliphatic heterocycles. The van der Waals surface area contributed by atoms with Crippen molar-refractivity contribution in [1.82, 2.24) is 0 Å². The molecule has 1 aromatic carbocycles.